The lowest BCUT2D eigenvalue weighted by atomic mass is 9.99. The molecular formula is C18H24O. The third-order valence-electron chi connectivity index (χ3n) is 3.00. The van der Waals surface area contributed by atoms with Gasteiger partial charge in [-0.2, -0.15) is 0 Å². The van der Waals surface area contributed by atoms with E-state index >= 15 is 0 Å². The van der Waals surface area contributed by atoms with Gasteiger partial charge >= 0.3 is 0 Å². The van der Waals surface area contributed by atoms with Gasteiger partial charge in [0, 0.05) is 0 Å². The average molecular weight is 256 g/mol. The van der Waals surface area contributed by atoms with Crippen LogP contribution in [-0.2, 0) is 0 Å². The van der Waals surface area contributed by atoms with Crippen molar-refractivity contribution in [1.29, 1.82) is 0 Å². The molecule has 19 heavy (non-hydrogen) atoms. The number of hydrogen-bond donors (Lipinski definition) is 0. The molecule has 0 bridgehead atoms. The van der Waals surface area contributed by atoms with Gasteiger partial charge in [0.25, 0.3) is 0 Å². The Morgan fingerprint density at radius 3 is 2.16 bits per heavy atom. The van der Waals surface area contributed by atoms with Crippen LogP contribution in [0.4, 0.5) is 0 Å². The number of benzene rings is 1. The second-order valence-corrected chi connectivity index (χ2v) is 4.36. The van der Waals surface area contributed by atoms with Crippen molar-refractivity contribution in [3.63, 3.8) is 0 Å². The van der Waals surface area contributed by atoms with Crippen LogP contribution in [0.25, 0.3) is 6.08 Å². The van der Waals surface area contributed by atoms with Gasteiger partial charge in [0.1, 0.15) is 5.75 Å². The van der Waals surface area contributed by atoms with E-state index in [1.807, 2.05) is 26.0 Å². The maximum Gasteiger partial charge on any atom is 0.118 e. The van der Waals surface area contributed by atoms with E-state index in [2.05, 4.69) is 43.4 Å². The van der Waals surface area contributed by atoms with E-state index in [0.29, 0.717) is 0 Å². The highest BCUT2D eigenvalue weighted by molar-refractivity contribution is 5.54. The van der Waals surface area contributed by atoms with Crippen LogP contribution in [-0.4, -0.2) is 7.11 Å². The van der Waals surface area contributed by atoms with Crippen molar-refractivity contribution in [2.45, 2.75) is 33.6 Å². The van der Waals surface area contributed by atoms with Crippen molar-refractivity contribution in [3.05, 3.63) is 59.2 Å². The third kappa shape index (κ3) is 5.17. The summed E-state index contributed by atoms with van der Waals surface area (Å²) in [6.45, 7) is 6.18. The minimum atomic E-state index is 0.901. The molecule has 0 aliphatic heterocycles. The summed E-state index contributed by atoms with van der Waals surface area (Å²) in [5.74, 6) is 0.901. The highest BCUT2D eigenvalue weighted by Crippen LogP contribution is 2.20. The highest BCUT2D eigenvalue weighted by atomic mass is 16.5. The first-order chi connectivity index (χ1) is 9.28. The maximum absolute atomic E-state index is 5.13. The molecule has 1 aromatic rings. The zero-order valence-electron chi connectivity index (χ0n) is 12.4. The molecule has 1 nitrogen and oxygen atoms in total. The zero-order chi connectivity index (χ0) is 14.1. The van der Waals surface area contributed by atoms with Crippen molar-refractivity contribution >= 4 is 6.08 Å². The van der Waals surface area contributed by atoms with Gasteiger partial charge in [0.2, 0.25) is 0 Å². The van der Waals surface area contributed by atoms with Crippen LogP contribution < -0.4 is 4.74 Å². The Hall–Kier alpha value is -1.76. The Kier molecular flexibility index (Phi) is 6.73. The van der Waals surface area contributed by atoms with Gasteiger partial charge in [-0.05, 0) is 43.0 Å². The summed E-state index contributed by atoms with van der Waals surface area (Å²) in [5.41, 5.74) is 4.07. The Labute approximate surface area is 117 Å². The molecule has 0 N–H and O–H groups in total. The summed E-state index contributed by atoms with van der Waals surface area (Å²) in [6, 6.07) is 8.11. The van der Waals surface area contributed by atoms with E-state index in [4.69, 9.17) is 4.74 Å². The molecule has 2 rings (SSSR count). The van der Waals surface area contributed by atoms with Crippen LogP contribution in [0.3, 0.4) is 0 Å². The minimum absolute atomic E-state index is 0.901. The third-order valence-corrected chi connectivity index (χ3v) is 3.00. The second-order valence-electron chi connectivity index (χ2n) is 4.36. The molecule has 1 aliphatic rings. The van der Waals surface area contributed by atoms with Crippen LogP contribution >= 0.6 is 0 Å². The van der Waals surface area contributed by atoms with E-state index < -0.39 is 0 Å². The molecule has 1 aliphatic carbocycles. The van der Waals surface area contributed by atoms with Crippen molar-refractivity contribution in [3.8, 4) is 5.75 Å². The summed E-state index contributed by atoms with van der Waals surface area (Å²) in [6.07, 6.45) is 11.1. The largest absolute Gasteiger partial charge is 0.497 e. The van der Waals surface area contributed by atoms with Crippen molar-refractivity contribution < 1.29 is 4.74 Å². The fraction of sp³-hybridized carbons (Fsp3) is 0.333. The van der Waals surface area contributed by atoms with Crippen LogP contribution in [0.2, 0.25) is 0 Å². The molecule has 0 saturated heterocycles. The van der Waals surface area contributed by atoms with Gasteiger partial charge in [-0.1, -0.05) is 55.9 Å². The molecule has 0 fully saturated rings. The SMILES string of the molecule is CC.COc1ccc(/C=C/C2=CC=C(C)CC2)cc1. The fourth-order valence-corrected chi connectivity index (χ4v) is 1.81. The predicted octanol–water partition coefficient (Wildman–Crippen LogP) is 5.40. The number of hydrogen-bond acceptors (Lipinski definition) is 1. The maximum atomic E-state index is 5.13. The molecule has 0 atom stereocenters. The van der Waals surface area contributed by atoms with E-state index in [9.17, 15) is 0 Å². The van der Waals surface area contributed by atoms with Crippen LogP contribution in [0.1, 0.15) is 39.2 Å². The smallest absolute Gasteiger partial charge is 0.118 e. The van der Waals surface area contributed by atoms with Crippen molar-refractivity contribution in [2.75, 3.05) is 7.11 Å². The van der Waals surface area contributed by atoms with Crippen LogP contribution in [0, 0.1) is 0 Å². The standard InChI is InChI=1S/C16H18O.C2H6/c1-13-3-5-14(6-4-13)7-8-15-9-11-16(17-2)12-10-15;1-2/h3,5,7-12H,4,6H2,1-2H3;1-2H3/b8-7+;. The van der Waals surface area contributed by atoms with E-state index in [0.717, 1.165) is 12.2 Å². The Bertz CT molecular complexity index is 461. The molecule has 1 heteroatoms. The molecule has 0 saturated carbocycles. The molecular weight excluding hydrogens is 232 g/mol. The molecule has 0 heterocycles. The fourth-order valence-electron chi connectivity index (χ4n) is 1.81. The Balaban J connectivity index is 0.000000861. The first-order valence-electron chi connectivity index (χ1n) is 6.96. The Morgan fingerprint density at radius 2 is 1.63 bits per heavy atom. The molecule has 0 unspecified atom stereocenters. The first kappa shape index (κ1) is 15.3. The molecule has 1 aromatic carbocycles. The topological polar surface area (TPSA) is 9.23 Å². The van der Waals surface area contributed by atoms with Crippen LogP contribution in [0.5, 0.6) is 5.75 Å². The lowest BCUT2D eigenvalue weighted by molar-refractivity contribution is 0.415. The summed E-state index contributed by atoms with van der Waals surface area (Å²) < 4.78 is 5.13. The number of rotatable bonds is 3. The van der Waals surface area contributed by atoms with Gasteiger partial charge in [0.15, 0.2) is 0 Å². The summed E-state index contributed by atoms with van der Waals surface area (Å²) >= 11 is 0. The summed E-state index contributed by atoms with van der Waals surface area (Å²) in [5, 5.41) is 0. The average Bonchev–Trinajstić information content (AvgIpc) is 2.49. The van der Waals surface area contributed by atoms with Crippen molar-refractivity contribution in [2.24, 2.45) is 0 Å². The highest BCUT2D eigenvalue weighted by Gasteiger charge is 1.99. The number of allylic oxidation sites excluding steroid dienone is 5. The lowest BCUT2D eigenvalue weighted by Crippen LogP contribution is -1.87. The molecule has 0 amide bonds. The number of methoxy groups -OCH3 is 1. The van der Waals surface area contributed by atoms with Gasteiger partial charge in [-0.3, -0.25) is 0 Å². The summed E-state index contributed by atoms with van der Waals surface area (Å²) in [7, 11) is 1.69. The zero-order valence-corrected chi connectivity index (χ0v) is 12.4. The minimum Gasteiger partial charge on any atom is -0.497 e. The molecule has 0 spiro atoms. The monoisotopic (exact) mass is 256 g/mol. The van der Waals surface area contributed by atoms with Crippen molar-refractivity contribution in [1.82, 2.24) is 0 Å². The van der Waals surface area contributed by atoms with Gasteiger partial charge in [0.05, 0.1) is 7.11 Å². The van der Waals surface area contributed by atoms with Crippen LogP contribution in [0.15, 0.2) is 53.6 Å². The van der Waals surface area contributed by atoms with Gasteiger partial charge in [-0.25, -0.2) is 0 Å². The van der Waals surface area contributed by atoms with E-state index in [-0.39, 0.29) is 0 Å². The normalized spacial score (nSPS) is 14.3. The summed E-state index contributed by atoms with van der Waals surface area (Å²) in [4.78, 5) is 0. The first-order valence-corrected chi connectivity index (χ1v) is 6.96. The van der Waals surface area contributed by atoms with Gasteiger partial charge in [-0.15, -0.1) is 0 Å². The van der Waals surface area contributed by atoms with E-state index in [1.54, 1.807) is 7.11 Å². The molecule has 0 aromatic heterocycles. The lowest BCUT2D eigenvalue weighted by Gasteiger charge is -2.07. The Morgan fingerprint density at radius 1 is 0.947 bits per heavy atom. The molecule has 0 radical (unpaired) electrons. The number of ether oxygens (including phenoxy) is 1. The quantitative estimate of drug-likeness (QED) is 0.703. The van der Waals surface area contributed by atoms with Gasteiger partial charge < -0.3 is 4.74 Å². The molecule has 102 valence electrons. The predicted molar refractivity (Wildman–Crippen MR) is 84.5 cm³/mol. The van der Waals surface area contributed by atoms with E-state index in [1.165, 1.54) is 23.1 Å². The second kappa shape index (κ2) is 8.36.